The van der Waals surface area contributed by atoms with Gasteiger partial charge in [0, 0.05) is 23.1 Å². The summed E-state index contributed by atoms with van der Waals surface area (Å²) in [5.41, 5.74) is 5.34. The summed E-state index contributed by atoms with van der Waals surface area (Å²) in [5, 5.41) is 19.5. The van der Waals surface area contributed by atoms with Crippen molar-refractivity contribution in [2.75, 3.05) is 0 Å². The van der Waals surface area contributed by atoms with E-state index in [2.05, 4.69) is 0 Å². The van der Waals surface area contributed by atoms with Gasteiger partial charge in [-0.3, -0.25) is 14.9 Å². The van der Waals surface area contributed by atoms with Crippen molar-refractivity contribution in [1.82, 2.24) is 0 Å². The Kier molecular flexibility index (Phi) is 3.81. The van der Waals surface area contributed by atoms with Crippen molar-refractivity contribution in [3.63, 3.8) is 0 Å². The normalized spacial score (nSPS) is 12.1. The van der Waals surface area contributed by atoms with Gasteiger partial charge in [0.05, 0.1) is 4.92 Å². The van der Waals surface area contributed by atoms with Crippen molar-refractivity contribution in [2.24, 2.45) is 5.73 Å². The minimum absolute atomic E-state index is 0.108. The van der Waals surface area contributed by atoms with Crippen molar-refractivity contribution in [3.05, 3.63) is 38.9 Å². The standard InChI is InChI=1S/C9H9ClN2O4/c10-6-2-1-5(3-7(11)9(13)14)8(4-6)12(15)16/h1-2,4,7H,3,11H2,(H,13,14). The van der Waals surface area contributed by atoms with Gasteiger partial charge in [-0.25, -0.2) is 0 Å². The number of carboxylic acids is 1. The molecule has 86 valence electrons. The van der Waals surface area contributed by atoms with Crippen molar-refractivity contribution >= 4 is 23.3 Å². The van der Waals surface area contributed by atoms with Gasteiger partial charge < -0.3 is 10.8 Å². The molecule has 6 nitrogen and oxygen atoms in total. The summed E-state index contributed by atoms with van der Waals surface area (Å²) >= 11 is 5.61. The largest absolute Gasteiger partial charge is 0.480 e. The van der Waals surface area contributed by atoms with Crippen LogP contribution in [-0.2, 0) is 11.2 Å². The third-order valence-corrected chi connectivity index (χ3v) is 2.24. The van der Waals surface area contributed by atoms with Crippen LogP contribution in [0.5, 0.6) is 0 Å². The number of halogens is 1. The van der Waals surface area contributed by atoms with Crippen molar-refractivity contribution in [3.8, 4) is 0 Å². The molecular weight excluding hydrogens is 236 g/mol. The van der Waals surface area contributed by atoms with Crippen molar-refractivity contribution in [1.29, 1.82) is 0 Å². The van der Waals surface area contributed by atoms with Crippen LogP contribution >= 0.6 is 11.6 Å². The first-order valence-corrected chi connectivity index (χ1v) is 4.71. The number of nitrogens with two attached hydrogens (primary N) is 1. The molecule has 0 saturated carbocycles. The summed E-state index contributed by atoms with van der Waals surface area (Å²) in [7, 11) is 0. The van der Waals surface area contributed by atoms with Crippen LogP contribution in [0.4, 0.5) is 5.69 Å². The van der Waals surface area contributed by atoms with E-state index in [1.54, 1.807) is 0 Å². The molecule has 0 aliphatic carbocycles. The van der Waals surface area contributed by atoms with Gasteiger partial charge in [-0.2, -0.15) is 0 Å². The maximum absolute atomic E-state index is 10.7. The SMILES string of the molecule is NC(Cc1ccc(Cl)cc1[N+](=O)[O-])C(=O)O. The maximum atomic E-state index is 10.7. The van der Waals surface area contributed by atoms with Crippen molar-refractivity contribution in [2.45, 2.75) is 12.5 Å². The first-order valence-electron chi connectivity index (χ1n) is 4.33. The number of aliphatic carboxylic acids is 1. The highest BCUT2D eigenvalue weighted by molar-refractivity contribution is 6.30. The second-order valence-corrected chi connectivity index (χ2v) is 3.62. The smallest absolute Gasteiger partial charge is 0.320 e. The average molecular weight is 245 g/mol. The predicted octanol–water partition coefficient (Wildman–Crippen LogP) is 1.20. The Morgan fingerprint density at radius 2 is 2.25 bits per heavy atom. The highest BCUT2D eigenvalue weighted by Gasteiger charge is 2.19. The Morgan fingerprint density at radius 3 is 2.75 bits per heavy atom. The molecule has 0 saturated heterocycles. The van der Waals surface area contributed by atoms with Gasteiger partial charge in [0.1, 0.15) is 6.04 Å². The van der Waals surface area contributed by atoms with Crippen LogP contribution in [0.25, 0.3) is 0 Å². The lowest BCUT2D eigenvalue weighted by molar-refractivity contribution is -0.385. The molecule has 1 rings (SSSR count). The Hall–Kier alpha value is -1.66. The van der Waals surface area contributed by atoms with Crippen molar-refractivity contribution < 1.29 is 14.8 Å². The molecular formula is C9H9ClN2O4. The van der Waals surface area contributed by atoms with Gasteiger partial charge in [-0.1, -0.05) is 17.7 Å². The molecule has 3 N–H and O–H groups in total. The predicted molar refractivity (Wildman–Crippen MR) is 57.4 cm³/mol. The third kappa shape index (κ3) is 2.91. The molecule has 0 aliphatic rings. The van der Waals surface area contributed by atoms with Crippen LogP contribution in [0.3, 0.4) is 0 Å². The Labute approximate surface area is 95.8 Å². The van der Waals surface area contributed by atoms with E-state index in [0.717, 1.165) is 0 Å². The molecule has 0 spiro atoms. The van der Waals surface area contributed by atoms with E-state index < -0.39 is 16.9 Å². The number of hydrogen-bond donors (Lipinski definition) is 2. The fraction of sp³-hybridized carbons (Fsp3) is 0.222. The lowest BCUT2D eigenvalue weighted by Crippen LogP contribution is -2.32. The monoisotopic (exact) mass is 244 g/mol. The zero-order valence-corrected chi connectivity index (χ0v) is 8.85. The molecule has 1 unspecified atom stereocenters. The van der Waals surface area contributed by atoms with E-state index in [1.807, 2.05) is 0 Å². The Bertz CT molecular complexity index is 436. The summed E-state index contributed by atoms with van der Waals surface area (Å²) in [4.78, 5) is 20.6. The van der Waals surface area contributed by atoms with E-state index >= 15 is 0 Å². The fourth-order valence-corrected chi connectivity index (χ4v) is 1.37. The second kappa shape index (κ2) is 4.91. The molecule has 0 radical (unpaired) electrons. The highest BCUT2D eigenvalue weighted by Crippen LogP contribution is 2.24. The van der Waals surface area contributed by atoms with E-state index in [1.165, 1.54) is 18.2 Å². The van der Waals surface area contributed by atoms with E-state index in [-0.39, 0.29) is 22.7 Å². The molecule has 1 aromatic carbocycles. The quantitative estimate of drug-likeness (QED) is 0.611. The van der Waals surface area contributed by atoms with Gasteiger partial charge in [-0.05, 0) is 6.07 Å². The number of carbonyl (C=O) groups is 1. The van der Waals surface area contributed by atoms with Gasteiger partial charge >= 0.3 is 5.97 Å². The number of benzene rings is 1. The van der Waals surface area contributed by atoms with Crippen LogP contribution in [-0.4, -0.2) is 22.0 Å². The molecule has 7 heteroatoms. The molecule has 0 heterocycles. The number of rotatable bonds is 4. The van der Waals surface area contributed by atoms with Crippen LogP contribution in [0.2, 0.25) is 5.02 Å². The first-order chi connectivity index (χ1) is 7.41. The third-order valence-electron chi connectivity index (χ3n) is 2.00. The van der Waals surface area contributed by atoms with Crippen LogP contribution < -0.4 is 5.73 Å². The molecule has 0 bridgehead atoms. The Balaban J connectivity index is 3.04. The van der Waals surface area contributed by atoms with Crippen LogP contribution in [0.1, 0.15) is 5.56 Å². The zero-order chi connectivity index (χ0) is 12.3. The number of hydrogen-bond acceptors (Lipinski definition) is 4. The molecule has 16 heavy (non-hydrogen) atoms. The minimum Gasteiger partial charge on any atom is -0.480 e. The zero-order valence-electron chi connectivity index (χ0n) is 8.09. The number of nitro benzene ring substituents is 1. The summed E-state index contributed by atoms with van der Waals surface area (Å²) in [6.07, 6.45) is -0.108. The lowest BCUT2D eigenvalue weighted by Gasteiger charge is -2.07. The summed E-state index contributed by atoms with van der Waals surface area (Å²) in [6, 6.07) is 2.87. The van der Waals surface area contributed by atoms with Gasteiger partial charge in [-0.15, -0.1) is 0 Å². The fourth-order valence-electron chi connectivity index (χ4n) is 1.20. The van der Waals surface area contributed by atoms with Crippen LogP contribution in [0, 0.1) is 10.1 Å². The van der Waals surface area contributed by atoms with E-state index in [0.29, 0.717) is 0 Å². The topological polar surface area (TPSA) is 106 Å². The molecule has 0 aromatic heterocycles. The number of carboxylic acid groups (broad SMARTS) is 1. The molecule has 0 fully saturated rings. The molecule has 1 atom stereocenters. The van der Waals surface area contributed by atoms with E-state index in [4.69, 9.17) is 22.4 Å². The average Bonchev–Trinajstić information content (AvgIpc) is 2.20. The summed E-state index contributed by atoms with van der Waals surface area (Å²) in [6.45, 7) is 0. The summed E-state index contributed by atoms with van der Waals surface area (Å²) in [5.74, 6) is -1.20. The van der Waals surface area contributed by atoms with Gasteiger partial charge in [0.15, 0.2) is 0 Å². The maximum Gasteiger partial charge on any atom is 0.320 e. The van der Waals surface area contributed by atoms with E-state index in [9.17, 15) is 14.9 Å². The van der Waals surface area contributed by atoms with Crippen LogP contribution in [0.15, 0.2) is 18.2 Å². The lowest BCUT2D eigenvalue weighted by atomic mass is 10.0. The molecule has 0 aliphatic heterocycles. The first kappa shape index (κ1) is 12.4. The second-order valence-electron chi connectivity index (χ2n) is 3.18. The van der Waals surface area contributed by atoms with Gasteiger partial charge in [0.25, 0.3) is 5.69 Å². The Morgan fingerprint density at radius 1 is 1.62 bits per heavy atom. The van der Waals surface area contributed by atoms with Gasteiger partial charge in [0.2, 0.25) is 0 Å². The highest BCUT2D eigenvalue weighted by atomic mass is 35.5. The molecule has 1 aromatic rings. The minimum atomic E-state index is -1.20. The number of nitrogens with zero attached hydrogens (tertiary/aromatic N) is 1. The summed E-state index contributed by atoms with van der Waals surface area (Å²) < 4.78 is 0. The number of nitro groups is 1. The molecule has 0 amide bonds.